The predicted octanol–water partition coefficient (Wildman–Crippen LogP) is -0.0949. The second-order valence-corrected chi connectivity index (χ2v) is 4.15. The zero-order chi connectivity index (χ0) is 12.5. The summed E-state index contributed by atoms with van der Waals surface area (Å²) in [6.07, 6.45) is 3.10. The summed E-state index contributed by atoms with van der Waals surface area (Å²) >= 11 is 0. The smallest absolute Gasteiger partial charge is 0.257 e. The molecule has 1 amide bonds. The van der Waals surface area contributed by atoms with E-state index in [1.165, 1.54) is 10.8 Å². The molecule has 1 aliphatic rings. The van der Waals surface area contributed by atoms with Gasteiger partial charge >= 0.3 is 0 Å². The number of fused-ring (bicyclic) bond motifs is 1. The van der Waals surface area contributed by atoms with Crippen LogP contribution in [0.3, 0.4) is 0 Å². The molecule has 7 heteroatoms. The van der Waals surface area contributed by atoms with Crippen molar-refractivity contribution in [3.63, 3.8) is 0 Å². The molecule has 94 valence electrons. The van der Waals surface area contributed by atoms with E-state index >= 15 is 0 Å². The average Bonchev–Trinajstić information content (AvgIpc) is 2.85. The number of aryl methyl sites for hydroxylation is 1. The Hall–Kier alpha value is -2.02. The largest absolute Gasteiger partial charge is 0.378 e. The van der Waals surface area contributed by atoms with Crippen LogP contribution in [0.1, 0.15) is 16.1 Å². The highest BCUT2D eigenvalue weighted by Crippen LogP contribution is 2.11. The van der Waals surface area contributed by atoms with Crippen LogP contribution in [0.5, 0.6) is 0 Å². The zero-order valence-corrected chi connectivity index (χ0v) is 10.0. The summed E-state index contributed by atoms with van der Waals surface area (Å²) in [4.78, 5) is 22.4. The van der Waals surface area contributed by atoms with Gasteiger partial charge in [0.05, 0.1) is 24.5 Å². The molecule has 1 saturated heterocycles. The number of aromatic nitrogens is 4. The van der Waals surface area contributed by atoms with E-state index in [4.69, 9.17) is 4.74 Å². The van der Waals surface area contributed by atoms with Crippen molar-refractivity contribution in [2.75, 3.05) is 26.3 Å². The van der Waals surface area contributed by atoms with E-state index in [0.29, 0.717) is 43.3 Å². The fourth-order valence-electron chi connectivity index (χ4n) is 1.99. The molecule has 18 heavy (non-hydrogen) atoms. The van der Waals surface area contributed by atoms with Gasteiger partial charge in [-0.2, -0.15) is 10.1 Å². The molecule has 1 aliphatic heterocycles. The molecular formula is C11H13N5O2. The summed E-state index contributed by atoms with van der Waals surface area (Å²) in [5.74, 6) is 0.478. The number of amides is 1. The molecule has 3 rings (SSSR count). The number of hydrogen-bond acceptors (Lipinski definition) is 5. The quantitative estimate of drug-likeness (QED) is 0.704. The summed E-state index contributed by atoms with van der Waals surface area (Å²) in [5, 5.41) is 4.00. The monoisotopic (exact) mass is 247 g/mol. The molecule has 0 saturated carbocycles. The minimum atomic E-state index is -0.0271. The Morgan fingerprint density at radius 1 is 1.39 bits per heavy atom. The minimum absolute atomic E-state index is 0.0271. The standard InChI is InChI=1S/C11H13N5O2/c1-8-9(6-16-11(14-8)12-7-13-16)10(17)15-2-4-18-5-3-15/h6-7H,2-5H2,1H3. The molecule has 0 aromatic carbocycles. The lowest BCUT2D eigenvalue weighted by atomic mass is 10.2. The molecule has 0 radical (unpaired) electrons. The molecule has 1 fully saturated rings. The Kier molecular flexibility index (Phi) is 2.67. The van der Waals surface area contributed by atoms with Gasteiger partial charge in [-0.15, -0.1) is 0 Å². The van der Waals surface area contributed by atoms with Crippen molar-refractivity contribution in [2.45, 2.75) is 6.92 Å². The summed E-state index contributed by atoms with van der Waals surface area (Å²) in [7, 11) is 0. The first-order chi connectivity index (χ1) is 8.75. The van der Waals surface area contributed by atoms with Crippen LogP contribution in [0, 0.1) is 6.92 Å². The Morgan fingerprint density at radius 2 is 2.17 bits per heavy atom. The molecule has 0 aliphatic carbocycles. The van der Waals surface area contributed by atoms with Gasteiger partial charge in [-0.25, -0.2) is 9.50 Å². The van der Waals surface area contributed by atoms with E-state index in [-0.39, 0.29) is 5.91 Å². The second kappa shape index (κ2) is 4.34. The summed E-state index contributed by atoms with van der Waals surface area (Å²) in [6.45, 7) is 4.22. The van der Waals surface area contributed by atoms with Gasteiger partial charge in [0.15, 0.2) is 0 Å². The number of carbonyl (C=O) groups excluding carboxylic acids is 1. The van der Waals surface area contributed by atoms with Gasteiger partial charge in [-0.3, -0.25) is 4.79 Å². The first kappa shape index (κ1) is 11.1. The maximum atomic E-state index is 12.4. The Balaban J connectivity index is 1.96. The third-order valence-electron chi connectivity index (χ3n) is 2.99. The number of ether oxygens (including phenoxy) is 1. The molecule has 0 bridgehead atoms. The number of hydrogen-bond donors (Lipinski definition) is 0. The van der Waals surface area contributed by atoms with Gasteiger partial charge in [-0.05, 0) is 6.92 Å². The number of carbonyl (C=O) groups is 1. The predicted molar refractivity (Wildman–Crippen MR) is 62.2 cm³/mol. The summed E-state index contributed by atoms with van der Waals surface area (Å²) < 4.78 is 6.75. The number of morpholine rings is 1. The summed E-state index contributed by atoms with van der Waals surface area (Å²) in [6, 6.07) is 0. The van der Waals surface area contributed by atoms with Crippen molar-refractivity contribution in [2.24, 2.45) is 0 Å². The van der Waals surface area contributed by atoms with Gasteiger partial charge in [0.1, 0.15) is 6.33 Å². The minimum Gasteiger partial charge on any atom is -0.378 e. The molecule has 2 aromatic heterocycles. The Morgan fingerprint density at radius 3 is 2.94 bits per heavy atom. The van der Waals surface area contributed by atoms with Crippen molar-refractivity contribution in [1.29, 1.82) is 0 Å². The van der Waals surface area contributed by atoms with Crippen LogP contribution < -0.4 is 0 Å². The van der Waals surface area contributed by atoms with Crippen LogP contribution in [0.4, 0.5) is 0 Å². The van der Waals surface area contributed by atoms with Crippen LogP contribution in [0.2, 0.25) is 0 Å². The molecule has 3 heterocycles. The van der Waals surface area contributed by atoms with Gasteiger partial charge in [0, 0.05) is 19.3 Å². The van der Waals surface area contributed by atoms with E-state index in [1.807, 2.05) is 6.92 Å². The van der Waals surface area contributed by atoms with Crippen molar-refractivity contribution in [3.05, 3.63) is 23.8 Å². The van der Waals surface area contributed by atoms with Crippen LogP contribution in [-0.4, -0.2) is 56.7 Å². The molecule has 2 aromatic rings. The van der Waals surface area contributed by atoms with Crippen molar-refractivity contribution in [3.8, 4) is 0 Å². The van der Waals surface area contributed by atoms with Gasteiger partial charge in [-0.1, -0.05) is 0 Å². The summed E-state index contributed by atoms with van der Waals surface area (Å²) in [5.41, 5.74) is 1.24. The average molecular weight is 247 g/mol. The Labute approximate surface area is 103 Å². The molecule has 0 N–H and O–H groups in total. The maximum Gasteiger partial charge on any atom is 0.257 e. The molecular weight excluding hydrogens is 234 g/mol. The van der Waals surface area contributed by atoms with E-state index in [2.05, 4.69) is 15.1 Å². The lowest BCUT2D eigenvalue weighted by molar-refractivity contribution is 0.0301. The highest BCUT2D eigenvalue weighted by Gasteiger charge is 2.21. The van der Waals surface area contributed by atoms with E-state index in [0.717, 1.165) is 0 Å². The van der Waals surface area contributed by atoms with Crippen molar-refractivity contribution in [1.82, 2.24) is 24.5 Å². The van der Waals surface area contributed by atoms with E-state index < -0.39 is 0 Å². The van der Waals surface area contributed by atoms with Crippen LogP contribution in [0.15, 0.2) is 12.5 Å². The number of rotatable bonds is 1. The fraction of sp³-hybridized carbons (Fsp3) is 0.455. The third-order valence-corrected chi connectivity index (χ3v) is 2.99. The first-order valence-electron chi connectivity index (χ1n) is 5.80. The number of nitrogens with zero attached hydrogens (tertiary/aromatic N) is 5. The zero-order valence-electron chi connectivity index (χ0n) is 10.0. The van der Waals surface area contributed by atoms with E-state index in [9.17, 15) is 4.79 Å². The lowest BCUT2D eigenvalue weighted by Gasteiger charge is -2.27. The maximum absolute atomic E-state index is 12.4. The highest BCUT2D eigenvalue weighted by molar-refractivity contribution is 5.95. The first-order valence-corrected chi connectivity index (χ1v) is 5.80. The topological polar surface area (TPSA) is 72.6 Å². The van der Waals surface area contributed by atoms with Crippen LogP contribution in [-0.2, 0) is 4.74 Å². The van der Waals surface area contributed by atoms with Gasteiger partial charge < -0.3 is 9.64 Å². The molecule has 7 nitrogen and oxygen atoms in total. The molecule has 0 atom stereocenters. The van der Waals surface area contributed by atoms with E-state index in [1.54, 1.807) is 11.1 Å². The highest BCUT2D eigenvalue weighted by atomic mass is 16.5. The van der Waals surface area contributed by atoms with Crippen molar-refractivity contribution < 1.29 is 9.53 Å². The third kappa shape index (κ3) is 1.82. The van der Waals surface area contributed by atoms with Crippen LogP contribution >= 0.6 is 0 Å². The molecule has 0 spiro atoms. The normalized spacial score (nSPS) is 16.2. The van der Waals surface area contributed by atoms with Crippen LogP contribution in [0.25, 0.3) is 5.78 Å². The lowest BCUT2D eigenvalue weighted by Crippen LogP contribution is -2.41. The van der Waals surface area contributed by atoms with Crippen molar-refractivity contribution >= 4 is 11.7 Å². The fourth-order valence-corrected chi connectivity index (χ4v) is 1.99. The SMILES string of the molecule is Cc1nc2ncnn2cc1C(=O)N1CCOCC1. The Bertz CT molecular complexity index is 588. The van der Waals surface area contributed by atoms with Gasteiger partial charge in [0.25, 0.3) is 11.7 Å². The molecule has 0 unspecified atom stereocenters. The second-order valence-electron chi connectivity index (χ2n) is 4.15. The van der Waals surface area contributed by atoms with Gasteiger partial charge in [0.2, 0.25) is 0 Å².